The van der Waals surface area contributed by atoms with Crippen LogP contribution in [0.5, 0.6) is 11.5 Å². The number of rotatable bonds is 4. The first-order valence-corrected chi connectivity index (χ1v) is 5.90. The average molecular weight is 244 g/mol. The lowest BCUT2D eigenvalue weighted by Crippen LogP contribution is -1.99. The quantitative estimate of drug-likeness (QED) is 0.775. The van der Waals surface area contributed by atoms with E-state index in [2.05, 4.69) is 0 Å². The van der Waals surface area contributed by atoms with Gasteiger partial charge in [0.05, 0.1) is 6.10 Å². The summed E-state index contributed by atoms with van der Waals surface area (Å²) in [7, 11) is 0. The second kappa shape index (κ2) is 5.56. The maximum atomic E-state index is 10.0. The molecule has 0 aromatic heterocycles. The zero-order chi connectivity index (χ0) is 13.0. The largest absolute Gasteiger partial charge is 0.508 e. The standard InChI is InChI=1S/C15H16O3/c16-12-8-5-11(6-9-12)7-10-15(18)13-3-1-2-4-14(13)17/h1-6,8-9,15-18H,7,10H2. The zero-order valence-electron chi connectivity index (χ0n) is 9.95. The summed E-state index contributed by atoms with van der Waals surface area (Å²) in [6.07, 6.45) is 0.540. The molecular formula is C15H16O3. The Morgan fingerprint density at radius 1 is 0.889 bits per heavy atom. The van der Waals surface area contributed by atoms with Crippen molar-refractivity contribution >= 4 is 0 Å². The molecule has 0 saturated heterocycles. The molecule has 0 aliphatic carbocycles. The molecule has 1 atom stereocenters. The molecule has 3 N–H and O–H groups in total. The van der Waals surface area contributed by atoms with E-state index in [1.807, 2.05) is 12.1 Å². The second-order valence-corrected chi connectivity index (χ2v) is 4.28. The van der Waals surface area contributed by atoms with Gasteiger partial charge in [-0.1, -0.05) is 30.3 Å². The van der Waals surface area contributed by atoms with Crippen LogP contribution in [0, 0.1) is 0 Å². The number of aryl methyl sites for hydroxylation is 1. The molecule has 0 aliphatic rings. The van der Waals surface area contributed by atoms with Gasteiger partial charge < -0.3 is 15.3 Å². The summed E-state index contributed by atoms with van der Waals surface area (Å²) in [5.74, 6) is 0.357. The van der Waals surface area contributed by atoms with Gasteiger partial charge in [0.15, 0.2) is 0 Å². The van der Waals surface area contributed by atoms with Crippen molar-refractivity contribution in [1.29, 1.82) is 0 Å². The number of phenols is 2. The van der Waals surface area contributed by atoms with E-state index in [1.54, 1.807) is 36.4 Å². The highest BCUT2D eigenvalue weighted by Crippen LogP contribution is 2.27. The van der Waals surface area contributed by atoms with Gasteiger partial charge in [-0.15, -0.1) is 0 Å². The third kappa shape index (κ3) is 3.02. The SMILES string of the molecule is Oc1ccc(CCC(O)c2ccccc2O)cc1. The molecular weight excluding hydrogens is 228 g/mol. The van der Waals surface area contributed by atoms with Crippen molar-refractivity contribution in [3.63, 3.8) is 0 Å². The second-order valence-electron chi connectivity index (χ2n) is 4.28. The van der Waals surface area contributed by atoms with Crippen LogP contribution in [0.4, 0.5) is 0 Å². The topological polar surface area (TPSA) is 60.7 Å². The van der Waals surface area contributed by atoms with Gasteiger partial charge in [0.2, 0.25) is 0 Å². The summed E-state index contributed by atoms with van der Waals surface area (Å²) in [6, 6.07) is 13.7. The summed E-state index contributed by atoms with van der Waals surface area (Å²) < 4.78 is 0. The van der Waals surface area contributed by atoms with E-state index in [9.17, 15) is 10.2 Å². The van der Waals surface area contributed by atoms with Crippen LogP contribution in [-0.2, 0) is 6.42 Å². The molecule has 2 rings (SSSR count). The van der Waals surface area contributed by atoms with E-state index in [0.717, 1.165) is 5.56 Å². The molecule has 3 nitrogen and oxygen atoms in total. The van der Waals surface area contributed by atoms with Crippen LogP contribution in [0.1, 0.15) is 23.7 Å². The Bertz CT molecular complexity index is 505. The van der Waals surface area contributed by atoms with Gasteiger partial charge in [-0.05, 0) is 36.6 Å². The van der Waals surface area contributed by atoms with Gasteiger partial charge >= 0.3 is 0 Å². The Morgan fingerprint density at radius 3 is 2.22 bits per heavy atom. The van der Waals surface area contributed by atoms with E-state index in [1.165, 1.54) is 0 Å². The number of aromatic hydroxyl groups is 2. The summed E-state index contributed by atoms with van der Waals surface area (Å²) >= 11 is 0. The van der Waals surface area contributed by atoms with Crippen LogP contribution < -0.4 is 0 Å². The molecule has 2 aromatic rings. The summed E-state index contributed by atoms with van der Waals surface area (Å²) in [5, 5.41) is 28.8. The minimum Gasteiger partial charge on any atom is -0.508 e. The summed E-state index contributed by atoms with van der Waals surface area (Å²) in [5.41, 5.74) is 1.60. The van der Waals surface area contributed by atoms with Crippen molar-refractivity contribution in [3.8, 4) is 11.5 Å². The molecule has 0 bridgehead atoms. The van der Waals surface area contributed by atoms with Gasteiger partial charge in [-0.3, -0.25) is 0 Å². The van der Waals surface area contributed by atoms with Crippen LogP contribution >= 0.6 is 0 Å². The van der Waals surface area contributed by atoms with E-state index in [-0.39, 0.29) is 11.5 Å². The fourth-order valence-corrected chi connectivity index (χ4v) is 1.89. The Kier molecular flexibility index (Phi) is 3.85. The molecule has 2 aromatic carbocycles. The van der Waals surface area contributed by atoms with E-state index < -0.39 is 6.10 Å². The molecule has 0 fully saturated rings. The Hall–Kier alpha value is -2.00. The number of aliphatic hydroxyl groups is 1. The van der Waals surface area contributed by atoms with Crippen molar-refractivity contribution in [2.24, 2.45) is 0 Å². The summed E-state index contributed by atoms with van der Waals surface area (Å²) in [4.78, 5) is 0. The first kappa shape index (κ1) is 12.5. The van der Waals surface area contributed by atoms with Crippen molar-refractivity contribution in [2.45, 2.75) is 18.9 Å². The molecule has 0 spiro atoms. The number of benzene rings is 2. The molecule has 0 amide bonds. The molecule has 0 saturated carbocycles. The first-order valence-electron chi connectivity index (χ1n) is 5.90. The van der Waals surface area contributed by atoms with Gasteiger partial charge in [-0.25, -0.2) is 0 Å². The van der Waals surface area contributed by atoms with E-state index in [0.29, 0.717) is 18.4 Å². The lowest BCUT2D eigenvalue weighted by Gasteiger charge is -2.12. The van der Waals surface area contributed by atoms with E-state index in [4.69, 9.17) is 5.11 Å². The van der Waals surface area contributed by atoms with Crippen molar-refractivity contribution in [1.82, 2.24) is 0 Å². The van der Waals surface area contributed by atoms with Crippen molar-refractivity contribution in [2.75, 3.05) is 0 Å². The predicted molar refractivity (Wildman–Crippen MR) is 69.5 cm³/mol. The minimum absolute atomic E-state index is 0.121. The van der Waals surface area contributed by atoms with Crippen LogP contribution in [0.3, 0.4) is 0 Å². The highest BCUT2D eigenvalue weighted by Gasteiger charge is 2.11. The number of para-hydroxylation sites is 1. The fraction of sp³-hybridized carbons (Fsp3) is 0.200. The molecule has 3 heteroatoms. The minimum atomic E-state index is -0.681. The lowest BCUT2D eigenvalue weighted by atomic mass is 10.0. The molecule has 94 valence electrons. The molecule has 18 heavy (non-hydrogen) atoms. The predicted octanol–water partition coefficient (Wildman–Crippen LogP) is 2.76. The third-order valence-electron chi connectivity index (χ3n) is 2.94. The monoisotopic (exact) mass is 244 g/mol. The number of hydrogen-bond acceptors (Lipinski definition) is 3. The van der Waals surface area contributed by atoms with Gasteiger partial charge in [-0.2, -0.15) is 0 Å². The van der Waals surface area contributed by atoms with Crippen LogP contribution in [0.15, 0.2) is 48.5 Å². The highest BCUT2D eigenvalue weighted by atomic mass is 16.3. The number of phenolic OH excluding ortho intramolecular Hbond substituents is 2. The number of hydrogen-bond donors (Lipinski definition) is 3. The van der Waals surface area contributed by atoms with Crippen LogP contribution in [0.2, 0.25) is 0 Å². The molecule has 0 radical (unpaired) electrons. The Morgan fingerprint density at radius 2 is 1.56 bits per heavy atom. The molecule has 0 heterocycles. The zero-order valence-corrected chi connectivity index (χ0v) is 9.95. The van der Waals surface area contributed by atoms with Crippen molar-refractivity contribution < 1.29 is 15.3 Å². The van der Waals surface area contributed by atoms with Crippen LogP contribution in [0.25, 0.3) is 0 Å². The first-order chi connectivity index (χ1) is 8.66. The maximum Gasteiger partial charge on any atom is 0.121 e. The average Bonchev–Trinajstić information content (AvgIpc) is 2.38. The van der Waals surface area contributed by atoms with Gasteiger partial charge in [0, 0.05) is 5.56 Å². The third-order valence-corrected chi connectivity index (χ3v) is 2.94. The van der Waals surface area contributed by atoms with E-state index >= 15 is 0 Å². The smallest absolute Gasteiger partial charge is 0.121 e. The Labute approximate surface area is 106 Å². The van der Waals surface area contributed by atoms with Crippen molar-refractivity contribution in [3.05, 3.63) is 59.7 Å². The summed E-state index contributed by atoms with van der Waals surface area (Å²) in [6.45, 7) is 0. The fourth-order valence-electron chi connectivity index (χ4n) is 1.89. The lowest BCUT2D eigenvalue weighted by molar-refractivity contribution is 0.164. The Balaban J connectivity index is 1.98. The maximum absolute atomic E-state index is 10.0. The van der Waals surface area contributed by atoms with Gasteiger partial charge in [0.25, 0.3) is 0 Å². The molecule has 1 unspecified atom stereocenters. The van der Waals surface area contributed by atoms with Gasteiger partial charge in [0.1, 0.15) is 11.5 Å². The highest BCUT2D eigenvalue weighted by molar-refractivity contribution is 5.34. The van der Waals surface area contributed by atoms with Crippen LogP contribution in [-0.4, -0.2) is 15.3 Å². The number of aliphatic hydroxyl groups excluding tert-OH is 1. The normalized spacial score (nSPS) is 12.3. The molecule has 0 aliphatic heterocycles.